The minimum Gasteiger partial charge on any atom is -0.365 e. The van der Waals surface area contributed by atoms with Gasteiger partial charge in [-0.05, 0) is 12.1 Å². The number of hydrogen-bond acceptors (Lipinski definition) is 6. The molecule has 2 N–H and O–H groups in total. The number of nitrogens with zero attached hydrogens (tertiary/aromatic N) is 3. The van der Waals surface area contributed by atoms with E-state index in [9.17, 15) is 0 Å². The summed E-state index contributed by atoms with van der Waals surface area (Å²) in [7, 11) is 1.87. The van der Waals surface area contributed by atoms with Crippen molar-refractivity contribution in [3.05, 3.63) is 41.5 Å². The van der Waals surface area contributed by atoms with Crippen molar-refractivity contribution in [1.82, 2.24) is 15.0 Å². The van der Waals surface area contributed by atoms with Gasteiger partial charge in [0.1, 0.15) is 5.82 Å². The van der Waals surface area contributed by atoms with E-state index in [1.165, 1.54) is 0 Å². The van der Waals surface area contributed by atoms with Gasteiger partial charge in [0.25, 0.3) is 0 Å². The van der Waals surface area contributed by atoms with Gasteiger partial charge in [-0.2, -0.15) is 0 Å². The molecule has 2 heterocycles. The normalized spacial score (nSPS) is 10.6. The summed E-state index contributed by atoms with van der Waals surface area (Å²) in [4.78, 5) is 13.3. The van der Waals surface area contributed by atoms with Crippen molar-refractivity contribution < 1.29 is 0 Å². The molecule has 96 valence electrons. The van der Waals surface area contributed by atoms with E-state index < -0.39 is 0 Å². The minimum absolute atomic E-state index is 0.644. The number of aromatic nitrogens is 3. The molecule has 0 aliphatic carbocycles. The molecule has 0 spiro atoms. The van der Waals surface area contributed by atoms with Crippen LogP contribution in [-0.4, -0.2) is 22.0 Å². The fourth-order valence-corrected chi connectivity index (χ4v) is 2.40. The number of hydrogen-bond donors (Lipinski definition) is 2. The first kappa shape index (κ1) is 11.9. The van der Waals surface area contributed by atoms with E-state index in [2.05, 4.69) is 25.6 Å². The molecule has 0 bridgehead atoms. The third-order valence-electron chi connectivity index (χ3n) is 2.66. The Morgan fingerprint density at radius 1 is 1.16 bits per heavy atom. The average Bonchev–Trinajstić information content (AvgIpc) is 2.93. The molecule has 6 heteroatoms. The van der Waals surface area contributed by atoms with E-state index in [1.54, 1.807) is 17.5 Å². The van der Waals surface area contributed by atoms with Gasteiger partial charge < -0.3 is 10.6 Å². The minimum atomic E-state index is 0.644. The molecule has 1 aromatic carbocycles. The number of benzene rings is 1. The van der Waals surface area contributed by atoms with Crippen molar-refractivity contribution in [2.45, 2.75) is 6.54 Å². The lowest BCUT2D eigenvalue weighted by atomic mass is 10.3. The van der Waals surface area contributed by atoms with Crippen LogP contribution in [0.1, 0.15) is 5.69 Å². The van der Waals surface area contributed by atoms with Gasteiger partial charge in [0.05, 0.1) is 29.5 Å². The molecule has 5 nitrogen and oxygen atoms in total. The van der Waals surface area contributed by atoms with Crippen LogP contribution >= 0.6 is 11.3 Å². The van der Waals surface area contributed by atoms with Crippen LogP contribution < -0.4 is 10.6 Å². The van der Waals surface area contributed by atoms with Gasteiger partial charge in [0.15, 0.2) is 5.13 Å². The number of rotatable bonds is 4. The van der Waals surface area contributed by atoms with Crippen LogP contribution in [0.3, 0.4) is 0 Å². The van der Waals surface area contributed by atoms with Crippen LogP contribution in [0.15, 0.2) is 35.8 Å². The average molecular weight is 271 g/mol. The smallest absolute Gasteiger partial charge is 0.182 e. The fourth-order valence-electron chi connectivity index (χ4n) is 1.73. The molecule has 0 atom stereocenters. The first-order valence-electron chi connectivity index (χ1n) is 5.93. The Kier molecular flexibility index (Phi) is 3.24. The molecular weight excluding hydrogens is 258 g/mol. The van der Waals surface area contributed by atoms with Gasteiger partial charge in [-0.1, -0.05) is 12.1 Å². The fraction of sp³-hybridized carbons (Fsp3) is 0.154. The van der Waals surface area contributed by atoms with Gasteiger partial charge in [0.2, 0.25) is 0 Å². The summed E-state index contributed by atoms with van der Waals surface area (Å²) < 4.78 is 0. The Labute approximate surface area is 114 Å². The topological polar surface area (TPSA) is 62.7 Å². The van der Waals surface area contributed by atoms with Crippen molar-refractivity contribution in [3.8, 4) is 0 Å². The van der Waals surface area contributed by atoms with E-state index in [4.69, 9.17) is 0 Å². The van der Waals surface area contributed by atoms with E-state index in [0.717, 1.165) is 27.7 Å². The Morgan fingerprint density at radius 3 is 2.79 bits per heavy atom. The maximum absolute atomic E-state index is 4.50. The second-order valence-corrected chi connectivity index (χ2v) is 4.85. The molecule has 0 radical (unpaired) electrons. The lowest BCUT2D eigenvalue weighted by Crippen LogP contribution is -2.02. The van der Waals surface area contributed by atoms with E-state index in [1.807, 2.05) is 36.7 Å². The highest BCUT2D eigenvalue weighted by molar-refractivity contribution is 7.13. The molecule has 0 saturated carbocycles. The maximum atomic E-state index is 4.50. The summed E-state index contributed by atoms with van der Waals surface area (Å²) in [6.07, 6.45) is 1.74. The van der Waals surface area contributed by atoms with Gasteiger partial charge in [-0.3, -0.25) is 4.98 Å². The van der Waals surface area contributed by atoms with Crippen molar-refractivity contribution in [3.63, 3.8) is 0 Å². The molecule has 0 saturated heterocycles. The predicted octanol–water partition coefficient (Wildman–Crippen LogP) is 2.74. The van der Waals surface area contributed by atoms with Crippen LogP contribution in [0.2, 0.25) is 0 Å². The van der Waals surface area contributed by atoms with Gasteiger partial charge in [-0.15, -0.1) is 11.3 Å². The Hall–Kier alpha value is -2.21. The molecule has 3 rings (SSSR count). The number of fused-ring (bicyclic) bond motifs is 1. The zero-order chi connectivity index (χ0) is 13.1. The lowest BCUT2D eigenvalue weighted by Gasteiger charge is -2.04. The number of anilines is 2. The number of nitrogens with one attached hydrogen (secondary N) is 2. The van der Waals surface area contributed by atoms with Crippen molar-refractivity contribution in [1.29, 1.82) is 0 Å². The van der Waals surface area contributed by atoms with E-state index in [-0.39, 0.29) is 0 Å². The zero-order valence-electron chi connectivity index (χ0n) is 10.4. The molecule has 19 heavy (non-hydrogen) atoms. The summed E-state index contributed by atoms with van der Waals surface area (Å²) in [5.41, 5.74) is 2.78. The summed E-state index contributed by atoms with van der Waals surface area (Å²) in [5, 5.41) is 9.19. The van der Waals surface area contributed by atoms with Crippen LogP contribution in [0.5, 0.6) is 0 Å². The highest BCUT2D eigenvalue weighted by atomic mass is 32.1. The molecule has 0 fully saturated rings. The SMILES string of the molecule is CNc1nc(CNc2cnc3ccccc3n2)cs1. The molecule has 0 aliphatic rings. The predicted molar refractivity (Wildman–Crippen MR) is 78.5 cm³/mol. The molecule has 0 amide bonds. The standard InChI is InChI=1S/C13H13N5S/c1-14-13-17-9(8-19-13)6-16-12-7-15-10-4-2-3-5-11(10)18-12/h2-5,7-8H,6H2,1H3,(H,14,17)(H,16,18). The highest BCUT2D eigenvalue weighted by Gasteiger charge is 2.02. The molecular formula is C13H13N5S. The Balaban J connectivity index is 1.74. The summed E-state index contributed by atoms with van der Waals surface area (Å²) in [6, 6.07) is 7.82. The first-order valence-corrected chi connectivity index (χ1v) is 6.81. The Bertz CT molecular complexity index is 694. The second kappa shape index (κ2) is 5.19. The largest absolute Gasteiger partial charge is 0.365 e. The maximum Gasteiger partial charge on any atom is 0.182 e. The molecule has 3 aromatic rings. The number of para-hydroxylation sites is 2. The van der Waals surface area contributed by atoms with Gasteiger partial charge >= 0.3 is 0 Å². The van der Waals surface area contributed by atoms with Crippen LogP contribution in [0, 0.1) is 0 Å². The monoisotopic (exact) mass is 271 g/mol. The van der Waals surface area contributed by atoms with Gasteiger partial charge in [-0.25, -0.2) is 9.97 Å². The van der Waals surface area contributed by atoms with Gasteiger partial charge in [0, 0.05) is 12.4 Å². The molecule has 0 aliphatic heterocycles. The third-order valence-corrected chi connectivity index (χ3v) is 3.57. The first-order chi connectivity index (χ1) is 9.35. The quantitative estimate of drug-likeness (QED) is 0.764. The van der Waals surface area contributed by atoms with Crippen molar-refractivity contribution in [2.75, 3.05) is 17.7 Å². The van der Waals surface area contributed by atoms with E-state index in [0.29, 0.717) is 6.54 Å². The number of thiazole rings is 1. The summed E-state index contributed by atoms with van der Waals surface area (Å²) in [5.74, 6) is 0.762. The molecule has 0 unspecified atom stereocenters. The Morgan fingerprint density at radius 2 is 2.00 bits per heavy atom. The van der Waals surface area contributed by atoms with Crippen LogP contribution in [0.4, 0.5) is 10.9 Å². The molecule has 2 aromatic heterocycles. The lowest BCUT2D eigenvalue weighted by molar-refractivity contribution is 1.05. The highest BCUT2D eigenvalue weighted by Crippen LogP contribution is 2.16. The van der Waals surface area contributed by atoms with E-state index >= 15 is 0 Å². The summed E-state index contributed by atoms with van der Waals surface area (Å²) in [6.45, 7) is 0.644. The second-order valence-electron chi connectivity index (χ2n) is 3.99. The summed E-state index contributed by atoms with van der Waals surface area (Å²) >= 11 is 1.59. The van der Waals surface area contributed by atoms with Crippen molar-refractivity contribution in [2.24, 2.45) is 0 Å². The van der Waals surface area contributed by atoms with Crippen molar-refractivity contribution >= 4 is 33.3 Å². The van der Waals surface area contributed by atoms with Crippen LogP contribution in [-0.2, 0) is 6.54 Å². The zero-order valence-corrected chi connectivity index (χ0v) is 11.2. The third kappa shape index (κ3) is 2.63. The van der Waals surface area contributed by atoms with Crippen LogP contribution in [0.25, 0.3) is 11.0 Å².